The van der Waals surface area contributed by atoms with Gasteiger partial charge in [-0.25, -0.2) is 13.4 Å². The third-order valence-electron chi connectivity index (χ3n) is 3.40. The Bertz CT molecular complexity index is 920. The van der Waals surface area contributed by atoms with Crippen LogP contribution in [0.1, 0.15) is 13.3 Å². The van der Waals surface area contributed by atoms with Gasteiger partial charge in [0.1, 0.15) is 5.75 Å². The van der Waals surface area contributed by atoms with Gasteiger partial charge in [-0.05, 0) is 30.7 Å². The second kappa shape index (κ2) is 7.67. The number of hydrogen-bond acceptors (Lipinski definition) is 5. The zero-order valence-corrected chi connectivity index (χ0v) is 15.3. The van der Waals surface area contributed by atoms with E-state index in [-0.39, 0.29) is 4.90 Å². The lowest BCUT2D eigenvalue weighted by Crippen LogP contribution is -2.12. The molecular weight excluding hydrogens is 356 g/mol. The number of nitrogens with zero attached hydrogens (tertiary/aromatic N) is 1. The van der Waals surface area contributed by atoms with E-state index in [0.717, 1.165) is 17.7 Å². The van der Waals surface area contributed by atoms with Crippen molar-refractivity contribution < 1.29 is 13.2 Å². The molecule has 1 N–H and O–H groups in total. The fourth-order valence-corrected chi connectivity index (χ4v) is 4.14. The SMILES string of the molecule is CCCOc1ccc(S(=O)(=O)Nc2nc(-c3ccccc3)cs2)cc1. The van der Waals surface area contributed by atoms with E-state index in [2.05, 4.69) is 9.71 Å². The summed E-state index contributed by atoms with van der Waals surface area (Å²) < 4.78 is 33.0. The van der Waals surface area contributed by atoms with E-state index < -0.39 is 10.0 Å². The number of rotatable bonds is 7. The molecule has 130 valence electrons. The Morgan fingerprint density at radius 2 is 1.80 bits per heavy atom. The monoisotopic (exact) mass is 374 g/mol. The first kappa shape index (κ1) is 17.4. The van der Waals surface area contributed by atoms with Gasteiger partial charge < -0.3 is 4.74 Å². The second-order valence-corrected chi connectivity index (χ2v) is 7.87. The van der Waals surface area contributed by atoms with Crippen LogP contribution in [0.15, 0.2) is 64.9 Å². The van der Waals surface area contributed by atoms with Crippen LogP contribution in [-0.2, 0) is 10.0 Å². The Kier molecular flexibility index (Phi) is 5.35. The third-order valence-corrected chi connectivity index (χ3v) is 5.64. The van der Waals surface area contributed by atoms with Crippen LogP contribution in [0.5, 0.6) is 5.75 Å². The highest BCUT2D eigenvalue weighted by molar-refractivity contribution is 7.93. The van der Waals surface area contributed by atoms with Gasteiger partial charge in [0.25, 0.3) is 10.0 Å². The van der Waals surface area contributed by atoms with E-state index in [0.29, 0.717) is 17.5 Å². The van der Waals surface area contributed by atoms with Crippen molar-refractivity contribution in [3.05, 3.63) is 60.0 Å². The molecule has 3 rings (SSSR count). The summed E-state index contributed by atoms with van der Waals surface area (Å²) >= 11 is 1.25. The minimum atomic E-state index is -3.68. The maximum absolute atomic E-state index is 12.5. The van der Waals surface area contributed by atoms with Crippen LogP contribution in [-0.4, -0.2) is 20.0 Å². The van der Waals surface area contributed by atoms with Gasteiger partial charge in [-0.1, -0.05) is 37.3 Å². The summed E-state index contributed by atoms with van der Waals surface area (Å²) in [5, 5.41) is 2.17. The third kappa shape index (κ3) is 4.37. The molecule has 0 aliphatic heterocycles. The minimum absolute atomic E-state index is 0.174. The number of aromatic nitrogens is 1. The largest absolute Gasteiger partial charge is 0.494 e. The molecule has 0 fully saturated rings. The molecule has 0 radical (unpaired) electrons. The van der Waals surface area contributed by atoms with E-state index >= 15 is 0 Å². The summed E-state index contributed by atoms with van der Waals surface area (Å²) in [6.07, 6.45) is 0.898. The molecule has 7 heteroatoms. The number of nitrogens with one attached hydrogen (secondary N) is 1. The Labute approximate surface area is 151 Å². The van der Waals surface area contributed by atoms with E-state index in [1.54, 1.807) is 12.1 Å². The normalized spacial score (nSPS) is 11.2. The zero-order valence-electron chi connectivity index (χ0n) is 13.7. The molecule has 0 saturated carbocycles. The molecule has 3 aromatic rings. The highest BCUT2D eigenvalue weighted by atomic mass is 32.2. The number of sulfonamides is 1. The molecule has 2 aromatic carbocycles. The van der Waals surface area contributed by atoms with Gasteiger partial charge in [0.15, 0.2) is 5.13 Å². The minimum Gasteiger partial charge on any atom is -0.494 e. The molecule has 1 heterocycles. The van der Waals surface area contributed by atoms with E-state index in [1.165, 1.54) is 23.5 Å². The van der Waals surface area contributed by atoms with Gasteiger partial charge in [-0.3, -0.25) is 4.72 Å². The van der Waals surface area contributed by atoms with Crippen molar-refractivity contribution in [2.45, 2.75) is 18.2 Å². The van der Waals surface area contributed by atoms with Crippen LogP contribution in [0.3, 0.4) is 0 Å². The molecule has 25 heavy (non-hydrogen) atoms. The van der Waals surface area contributed by atoms with Crippen molar-refractivity contribution in [3.63, 3.8) is 0 Å². The van der Waals surface area contributed by atoms with Gasteiger partial charge >= 0.3 is 0 Å². The Morgan fingerprint density at radius 1 is 1.08 bits per heavy atom. The van der Waals surface area contributed by atoms with Crippen molar-refractivity contribution in [3.8, 4) is 17.0 Å². The molecular formula is C18H18N2O3S2. The predicted octanol–water partition coefficient (Wildman–Crippen LogP) is 4.40. The van der Waals surface area contributed by atoms with Crippen molar-refractivity contribution in [1.82, 2.24) is 4.98 Å². The van der Waals surface area contributed by atoms with Gasteiger partial charge in [0, 0.05) is 10.9 Å². The summed E-state index contributed by atoms with van der Waals surface area (Å²) in [4.78, 5) is 4.53. The number of anilines is 1. The molecule has 0 spiro atoms. The lowest BCUT2D eigenvalue weighted by Gasteiger charge is -2.07. The Morgan fingerprint density at radius 3 is 2.48 bits per heavy atom. The van der Waals surface area contributed by atoms with Crippen molar-refractivity contribution in [2.24, 2.45) is 0 Å². The van der Waals surface area contributed by atoms with Crippen molar-refractivity contribution in [2.75, 3.05) is 11.3 Å². The summed E-state index contributed by atoms with van der Waals surface area (Å²) in [6.45, 7) is 2.62. The van der Waals surface area contributed by atoms with E-state index in [4.69, 9.17) is 4.74 Å². The summed E-state index contributed by atoms with van der Waals surface area (Å²) in [5.74, 6) is 0.654. The number of ether oxygens (including phenoxy) is 1. The molecule has 5 nitrogen and oxygen atoms in total. The first-order chi connectivity index (χ1) is 12.1. The van der Waals surface area contributed by atoms with Gasteiger partial charge in [0.05, 0.1) is 17.2 Å². The lowest BCUT2D eigenvalue weighted by molar-refractivity contribution is 0.317. The lowest BCUT2D eigenvalue weighted by atomic mass is 10.2. The molecule has 0 amide bonds. The average molecular weight is 374 g/mol. The molecule has 0 atom stereocenters. The first-order valence-electron chi connectivity index (χ1n) is 7.85. The molecule has 0 aliphatic carbocycles. The predicted molar refractivity (Wildman–Crippen MR) is 101 cm³/mol. The van der Waals surface area contributed by atoms with Gasteiger partial charge in [0.2, 0.25) is 0 Å². The summed E-state index contributed by atoms with van der Waals surface area (Å²) in [6, 6.07) is 16.0. The standard InChI is InChI=1S/C18H18N2O3S2/c1-2-12-23-15-8-10-16(11-9-15)25(21,22)20-18-19-17(13-24-18)14-6-4-3-5-7-14/h3-11,13H,2,12H2,1H3,(H,19,20). The van der Waals surface area contributed by atoms with Crippen LogP contribution in [0.2, 0.25) is 0 Å². The molecule has 0 saturated heterocycles. The molecule has 0 unspecified atom stereocenters. The quantitative estimate of drug-likeness (QED) is 0.665. The Balaban J connectivity index is 1.74. The molecule has 0 bridgehead atoms. The number of thiazole rings is 1. The maximum atomic E-state index is 12.5. The molecule has 1 aromatic heterocycles. The highest BCUT2D eigenvalue weighted by Gasteiger charge is 2.16. The van der Waals surface area contributed by atoms with E-state index in [9.17, 15) is 8.42 Å². The first-order valence-corrected chi connectivity index (χ1v) is 10.2. The van der Waals surface area contributed by atoms with Crippen LogP contribution in [0.25, 0.3) is 11.3 Å². The fraction of sp³-hybridized carbons (Fsp3) is 0.167. The highest BCUT2D eigenvalue weighted by Crippen LogP contribution is 2.26. The van der Waals surface area contributed by atoms with Crippen LogP contribution in [0, 0.1) is 0 Å². The summed E-state index contributed by atoms with van der Waals surface area (Å²) in [7, 11) is -3.68. The van der Waals surface area contributed by atoms with Crippen molar-refractivity contribution in [1.29, 1.82) is 0 Å². The van der Waals surface area contributed by atoms with Gasteiger partial charge in [-0.2, -0.15) is 0 Å². The Hall–Kier alpha value is -2.38. The van der Waals surface area contributed by atoms with Gasteiger partial charge in [-0.15, -0.1) is 11.3 Å². The fourth-order valence-electron chi connectivity index (χ4n) is 2.17. The summed E-state index contributed by atoms with van der Waals surface area (Å²) in [5.41, 5.74) is 1.69. The smallest absolute Gasteiger partial charge is 0.263 e. The van der Waals surface area contributed by atoms with Crippen LogP contribution in [0.4, 0.5) is 5.13 Å². The van der Waals surface area contributed by atoms with Crippen molar-refractivity contribution >= 4 is 26.5 Å². The zero-order chi connectivity index (χ0) is 17.7. The number of benzene rings is 2. The van der Waals surface area contributed by atoms with Crippen LogP contribution >= 0.6 is 11.3 Å². The van der Waals surface area contributed by atoms with Crippen LogP contribution < -0.4 is 9.46 Å². The second-order valence-electron chi connectivity index (χ2n) is 5.33. The number of hydrogen-bond donors (Lipinski definition) is 1. The topological polar surface area (TPSA) is 68.3 Å². The molecule has 0 aliphatic rings. The van der Waals surface area contributed by atoms with E-state index in [1.807, 2.05) is 42.6 Å². The maximum Gasteiger partial charge on any atom is 0.263 e. The average Bonchev–Trinajstić information content (AvgIpc) is 3.09.